The first-order valence-corrected chi connectivity index (χ1v) is 6.75. The fourth-order valence-electron chi connectivity index (χ4n) is 1.71. The molecule has 1 aromatic heterocycles. The van der Waals surface area contributed by atoms with Crippen molar-refractivity contribution in [3.8, 4) is 11.8 Å². The third-order valence-corrected chi connectivity index (χ3v) is 2.82. The van der Waals surface area contributed by atoms with Crippen molar-refractivity contribution in [1.29, 1.82) is 0 Å². The molecule has 0 radical (unpaired) electrons. The number of Topliss-reactive ketones (excluding diaryl/α,β-unsaturated/α-hetero) is 1. The summed E-state index contributed by atoms with van der Waals surface area (Å²) in [5.41, 5.74) is -0.952. The van der Waals surface area contributed by atoms with Crippen molar-refractivity contribution >= 4 is 5.78 Å². The van der Waals surface area contributed by atoms with E-state index >= 15 is 0 Å². The molecule has 0 spiro atoms. The van der Waals surface area contributed by atoms with E-state index in [0.29, 0.717) is 5.56 Å². The molecule has 0 bridgehead atoms. The lowest BCUT2D eigenvalue weighted by molar-refractivity contribution is 0.0456. The number of aliphatic hydroxyl groups is 1. The maximum Gasteiger partial charge on any atom is 0.330 e. The Balaban J connectivity index is 2.25. The minimum atomic E-state index is -0.679. The van der Waals surface area contributed by atoms with Crippen LogP contribution in [0.15, 0.2) is 46.1 Å². The molecule has 2 rings (SSSR count). The first kappa shape index (κ1) is 16.4. The number of aromatic nitrogens is 2. The first-order chi connectivity index (χ1) is 11.1. The minimum Gasteiger partial charge on any atom is -0.394 e. The molecule has 0 amide bonds. The number of benzene rings is 1. The van der Waals surface area contributed by atoms with Gasteiger partial charge in [-0.15, -0.1) is 0 Å². The molecule has 7 nitrogen and oxygen atoms in total. The Kier molecular flexibility index (Phi) is 5.63. The first-order valence-electron chi connectivity index (χ1n) is 6.75. The van der Waals surface area contributed by atoms with Crippen LogP contribution in [0.3, 0.4) is 0 Å². The molecule has 118 valence electrons. The lowest BCUT2D eigenvalue weighted by Crippen LogP contribution is -2.31. The second kappa shape index (κ2) is 7.89. The molecule has 2 N–H and O–H groups in total. The van der Waals surface area contributed by atoms with Crippen LogP contribution in [0.5, 0.6) is 0 Å². The number of nitrogens with zero attached hydrogens (tertiary/aromatic N) is 1. The highest BCUT2D eigenvalue weighted by Crippen LogP contribution is 1.98. The second-order valence-electron chi connectivity index (χ2n) is 4.48. The van der Waals surface area contributed by atoms with Crippen LogP contribution >= 0.6 is 0 Å². The predicted octanol–water partition coefficient (Wildman–Crippen LogP) is -0.263. The average Bonchev–Trinajstić information content (AvgIpc) is 2.56. The van der Waals surface area contributed by atoms with Gasteiger partial charge in [-0.1, -0.05) is 36.3 Å². The quantitative estimate of drug-likeness (QED) is 0.450. The molecule has 1 heterocycles. The van der Waals surface area contributed by atoms with Gasteiger partial charge in [0.15, 0.2) is 0 Å². The zero-order valence-electron chi connectivity index (χ0n) is 12.1. The van der Waals surface area contributed by atoms with Crippen LogP contribution in [0.25, 0.3) is 0 Å². The number of carbonyl (C=O) groups excluding carboxylic acids is 1. The summed E-state index contributed by atoms with van der Waals surface area (Å²) in [6.07, 6.45) is 1.21. The molecule has 2 aromatic rings. The van der Waals surface area contributed by atoms with Gasteiger partial charge in [-0.25, -0.2) is 4.79 Å². The Hall–Kier alpha value is -2.95. The van der Waals surface area contributed by atoms with Crippen molar-refractivity contribution < 1.29 is 14.6 Å². The van der Waals surface area contributed by atoms with Crippen molar-refractivity contribution in [2.75, 3.05) is 13.2 Å². The summed E-state index contributed by atoms with van der Waals surface area (Å²) in [7, 11) is 0. The van der Waals surface area contributed by atoms with Crippen molar-refractivity contribution in [3.63, 3.8) is 0 Å². The summed E-state index contributed by atoms with van der Waals surface area (Å²) >= 11 is 0. The van der Waals surface area contributed by atoms with Gasteiger partial charge in [0.25, 0.3) is 5.56 Å². The predicted molar refractivity (Wildman–Crippen MR) is 82.0 cm³/mol. The van der Waals surface area contributed by atoms with Gasteiger partial charge in [0, 0.05) is 11.8 Å². The molecule has 0 saturated carbocycles. The molecule has 1 aromatic carbocycles. The third-order valence-electron chi connectivity index (χ3n) is 2.82. The monoisotopic (exact) mass is 314 g/mol. The number of carbonyl (C=O) groups is 1. The standard InChI is InChI=1S/C16H14N2O5/c19-8-9-23-11-18-10-13(15(21)17-16(18)22)6-7-14(20)12-4-2-1-3-5-12/h1-5,10,19H,8-9,11H2,(H,17,21,22). The van der Waals surface area contributed by atoms with E-state index in [1.165, 1.54) is 6.20 Å². The normalized spacial score (nSPS) is 9.96. The molecule has 7 heteroatoms. The highest BCUT2D eigenvalue weighted by atomic mass is 16.5. The van der Waals surface area contributed by atoms with E-state index in [-0.39, 0.29) is 25.5 Å². The Morgan fingerprint density at radius 1 is 1.26 bits per heavy atom. The van der Waals surface area contributed by atoms with Gasteiger partial charge in [0.2, 0.25) is 5.78 Å². The largest absolute Gasteiger partial charge is 0.394 e. The number of ether oxygens (including phenoxy) is 1. The van der Waals surface area contributed by atoms with E-state index in [1.807, 2.05) is 0 Å². The highest BCUT2D eigenvalue weighted by Gasteiger charge is 2.04. The summed E-state index contributed by atoms with van der Waals surface area (Å²) in [6.45, 7) is -0.271. The zero-order valence-corrected chi connectivity index (χ0v) is 12.1. The fraction of sp³-hybridized carbons (Fsp3) is 0.188. The van der Waals surface area contributed by atoms with Crippen LogP contribution in [0.2, 0.25) is 0 Å². The highest BCUT2D eigenvalue weighted by molar-refractivity contribution is 6.09. The summed E-state index contributed by atoms with van der Waals surface area (Å²) in [5, 5.41) is 8.64. The van der Waals surface area contributed by atoms with Gasteiger partial charge in [-0.3, -0.25) is 19.1 Å². The van der Waals surface area contributed by atoms with Gasteiger partial charge < -0.3 is 9.84 Å². The summed E-state index contributed by atoms with van der Waals surface area (Å²) in [4.78, 5) is 37.3. The van der Waals surface area contributed by atoms with E-state index in [1.54, 1.807) is 30.3 Å². The van der Waals surface area contributed by atoms with Crippen molar-refractivity contribution in [1.82, 2.24) is 9.55 Å². The molecule has 0 fully saturated rings. The number of aliphatic hydroxyl groups excluding tert-OH is 1. The zero-order chi connectivity index (χ0) is 16.7. The molecule has 0 saturated heterocycles. The number of aromatic amines is 1. The van der Waals surface area contributed by atoms with Crippen molar-refractivity contribution in [2.45, 2.75) is 6.73 Å². The fourth-order valence-corrected chi connectivity index (χ4v) is 1.71. The summed E-state index contributed by atoms with van der Waals surface area (Å²) in [6, 6.07) is 8.42. The van der Waals surface area contributed by atoms with Crippen molar-refractivity contribution in [2.24, 2.45) is 0 Å². The molecule has 23 heavy (non-hydrogen) atoms. The van der Waals surface area contributed by atoms with Crippen LogP contribution < -0.4 is 11.2 Å². The van der Waals surface area contributed by atoms with Crippen LogP contribution in [0.1, 0.15) is 15.9 Å². The van der Waals surface area contributed by atoms with E-state index < -0.39 is 17.0 Å². The molecule has 0 aliphatic heterocycles. The van der Waals surface area contributed by atoms with Gasteiger partial charge in [0.1, 0.15) is 12.3 Å². The van der Waals surface area contributed by atoms with E-state index in [2.05, 4.69) is 16.8 Å². The molecular formula is C16H14N2O5. The molecule has 0 aliphatic carbocycles. The Morgan fingerprint density at radius 2 is 2.00 bits per heavy atom. The topological polar surface area (TPSA) is 101 Å². The maximum absolute atomic E-state index is 11.9. The number of nitrogens with one attached hydrogen (secondary N) is 1. The van der Waals surface area contributed by atoms with Gasteiger partial charge >= 0.3 is 5.69 Å². The SMILES string of the molecule is O=C(C#Cc1cn(COCCO)c(=O)[nH]c1=O)c1ccccc1. The van der Waals surface area contributed by atoms with Gasteiger partial charge in [-0.2, -0.15) is 0 Å². The molecule has 0 aliphatic rings. The van der Waals surface area contributed by atoms with E-state index in [4.69, 9.17) is 9.84 Å². The number of hydrogen-bond acceptors (Lipinski definition) is 5. The number of H-pyrrole nitrogens is 1. The van der Waals surface area contributed by atoms with Crippen LogP contribution in [0.4, 0.5) is 0 Å². The third kappa shape index (κ3) is 4.51. The molecular weight excluding hydrogens is 300 g/mol. The maximum atomic E-state index is 11.9. The van der Waals surface area contributed by atoms with Gasteiger partial charge in [-0.05, 0) is 5.92 Å². The Morgan fingerprint density at radius 3 is 2.70 bits per heavy atom. The lowest BCUT2D eigenvalue weighted by Gasteiger charge is -2.05. The molecule has 0 atom stereocenters. The Bertz CT molecular complexity index is 856. The smallest absolute Gasteiger partial charge is 0.330 e. The van der Waals surface area contributed by atoms with Crippen LogP contribution in [0, 0.1) is 11.8 Å². The Labute approximate surface area is 131 Å². The average molecular weight is 314 g/mol. The lowest BCUT2D eigenvalue weighted by atomic mass is 10.1. The molecule has 0 unspecified atom stereocenters. The summed E-state index contributed by atoms with van der Waals surface area (Å²) < 4.78 is 6.11. The van der Waals surface area contributed by atoms with Crippen LogP contribution in [-0.4, -0.2) is 33.7 Å². The second-order valence-corrected chi connectivity index (χ2v) is 4.48. The number of ketones is 1. The summed E-state index contributed by atoms with van der Waals surface area (Å²) in [5.74, 6) is 4.39. The van der Waals surface area contributed by atoms with E-state index in [9.17, 15) is 14.4 Å². The number of rotatable bonds is 5. The van der Waals surface area contributed by atoms with Gasteiger partial charge in [0.05, 0.1) is 13.2 Å². The van der Waals surface area contributed by atoms with E-state index in [0.717, 1.165) is 4.57 Å². The van der Waals surface area contributed by atoms with Crippen LogP contribution in [-0.2, 0) is 11.5 Å². The number of hydrogen-bond donors (Lipinski definition) is 2. The minimum absolute atomic E-state index is 0.0264. The van der Waals surface area contributed by atoms with Crippen molar-refractivity contribution in [3.05, 3.63) is 68.5 Å².